The summed E-state index contributed by atoms with van der Waals surface area (Å²) < 4.78 is 18.7. The van der Waals surface area contributed by atoms with Crippen LogP contribution < -0.4 is 4.90 Å². The summed E-state index contributed by atoms with van der Waals surface area (Å²) in [6, 6.07) is 16.1. The van der Waals surface area contributed by atoms with Gasteiger partial charge in [-0.1, -0.05) is 30.3 Å². The molecule has 20 heavy (non-hydrogen) atoms. The Labute approximate surface area is 118 Å². The van der Waals surface area contributed by atoms with Crippen LogP contribution in [0.1, 0.15) is 17.2 Å². The Morgan fingerprint density at radius 2 is 2.05 bits per heavy atom. The zero-order valence-electron chi connectivity index (χ0n) is 11.5. The number of halogens is 1. The topological polar surface area (TPSA) is 12.5 Å². The summed E-state index contributed by atoms with van der Waals surface area (Å²) in [5, 5.41) is 0. The Balaban J connectivity index is 1.95. The molecular weight excluding hydrogens is 253 g/mol. The number of rotatable bonds is 2. The normalized spacial score (nSPS) is 19.1. The quantitative estimate of drug-likeness (QED) is 0.828. The number of aryl methyl sites for hydroxylation is 1. The molecular formula is C17H17FNO. The fourth-order valence-corrected chi connectivity index (χ4v) is 2.65. The van der Waals surface area contributed by atoms with Gasteiger partial charge >= 0.3 is 0 Å². The van der Waals surface area contributed by atoms with Crippen molar-refractivity contribution in [3.63, 3.8) is 0 Å². The Morgan fingerprint density at radius 1 is 1.25 bits per heavy atom. The van der Waals surface area contributed by atoms with Gasteiger partial charge in [0, 0.05) is 18.3 Å². The van der Waals surface area contributed by atoms with E-state index >= 15 is 0 Å². The molecule has 1 atom stereocenters. The van der Waals surface area contributed by atoms with E-state index in [2.05, 4.69) is 24.0 Å². The van der Waals surface area contributed by atoms with E-state index < -0.39 is 0 Å². The highest BCUT2D eigenvalue weighted by Gasteiger charge is 2.25. The van der Waals surface area contributed by atoms with Crippen LogP contribution in [-0.4, -0.2) is 19.8 Å². The Kier molecular flexibility index (Phi) is 3.70. The van der Waals surface area contributed by atoms with E-state index in [1.54, 1.807) is 0 Å². The molecule has 1 unspecified atom stereocenters. The van der Waals surface area contributed by atoms with E-state index in [0.717, 1.165) is 17.8 Å². The molecule has 1 aliphatic rings. The average molecular weight is 270 g/mol. The van der Waals surface area contributed by atoms with Crippen molar-refractivity contribution in [1.82, 2.24) is 0 Å². The molecule has 2 nitrogen and oxygen atoms in total. The highest BCUT2D eigenvalue weighted by Crippen LogP contribution is 2.31. The minimum atomic E-state index is -0.209. The molecule has 0 N–H and O–H groups in total. The Morgan fingerprint density at radius 3 is 2.80 bits per heavy atom. The number of nitrogens with zero attached hydrogens (tertiary/aromatic N) is 1. The first-order valence-electron chi connectivity index (χ1n) is 6.83. The number of hydrogen-bond acceptors (Lipinski definition) is 2. The molecule has 0 spiro atoms. The third kappa shape index (κ3) is 2.54. The Bertz CT molecular complexity index is 582. The summed E-state index contributed by atoms with van der Waals surface area (Å²) in [5.74, 6) is -0.209. The maximum absolute atomic E-state index is 13.1. The molecule has 1 radical (unpaired) electrons. The zero-order valence-corrected chi connectivity index (χ0v) is 11.5. The summed E-state index contributed by atoms with van der Waals surface area (Å²) in [5.41, 5.74) is 3.37. The van der Waals surface area contributed by atoms with Gasteiger partial charge in [-0.25, -0.2) is 4.39 Å². The Hall–Kier alpha value is -1.87. The second-order valence-corrected chi connectivity index (χ2v) is 5.04. The van der Waals surface area contributed by atoms with Crippen LogP contribution in [-0.2, 0) is 4.74 Å². The van der Waals surface area contributed by atoms with Gasteiger partial charge in [-0.2, -0.15) is 0 Å². The van der Waals surface area contributed by atoms with Crippen LogP contribution in [0.25, 0.3) is 0 Å². The van der Waals surface area contributed by atoms with Gasteiger partial charge in [0.2, 0.25) is 0 Å². The van der Waals surface area contributed by atoms with Crippen LogP contribution in [0.3, 0.4) is 0 Å². The van der Waals surface area contributed by atoms with Crippen molar-refractivity contribution in [3.8, 4) is 0 Å². The first kappa shape index (κ1) is 13.1. The molecule has 2 aromatic carbocycles. The van der Waals surface area contributed by atoms with E-state index in [0.29, 0.717) is 13.2 Å². The van der Waals surface area contributed by atoms with Crippen LogP contribution >= 0.6 is 0 Å². The summed E-state index contributed by atoms with van der Waals surface area (Å²) >= 11 is 0. The van der Waals surface area contributed by atoms with Crippen molar-refractivity contribution < 1.29 is 9.13 Å². The molecule has 103 valence electrons. The standard InChI is InChI=1S/C17H17FNO/c1-13-4-2-3-5-16(13)19-10-11-20-12-17(19)14-6-8-15(18)9-7-14/h2-4,6-9,17H,10-12H2,1H3. The lowest BCUT2D eigenvalue weighted by Gasteiger charge is -2.38. The van der Waals surface area contributed by atoms with Gasteiger partial charge in [-0.05, 0) is 30.2 Å². The number of anilines is 1. The van der Waals surface area contributed by atoms with Gasteiger partial charge in [0.05, 0.1) is 19.3 Å². The first-order valence-corrected chi connectivity index (χ1v) is 6.83. The molecule has 2 aromatic rings. The van der Waals surface area contributed by atoms with Gasteiger partial charge in [0.1, 0.15) is 5.82 Å². The molecule has 0 saturated carbocycles. The summed E-state index contributed by atoms with van der Waals surface area (Å²) in [4.78, 5) is 2.30. The number of para-hydroxylation sites is 1. The highest BCUT2D eigenvalue weighted by atomic mass is 19.1. The van der Waals surface area contributed by atoms with Crippen LogP contribution in [0.15, 0.2) is 42.5 Å². The minimum Gasteiger partial charge on any atom is -0.377 e. The van der Waals surface area contributed by atoms with Crippen molar-refractivity contribution in [2.24, 2.45) is 0 Å². The second-order valence-electron chi connectivity index (χ2n) is 5.04. The smallest absolute Gasteiger partial charge is 0.123 e. The van der Waals surface area contributed by atoms with Crippen molar-refractivity contribution in [2.75, 3.05) is 24.7 Å². The summed E-state index contributed by atoms with van der Waals surface area (Å²) in [7, 11) is 0. The molecule has 1 aliphatic heterocycles. The number of ether oxygens (including phenoxy) is 1. The lowest BCUT2D eigenvalue weighted by atomic mass is 10.0. The largest absolute Gasteiger partial charge is 0.377 e. The first-order chi connectivity index (χ1) is 9.75. The average Bonchev–Trinajstić information content (AvgIpc) is 2.49. The maximum atomic E-state index is 13.1. The van der Waals surface area contributed by atoms with E-state index in [1.807, 2.05) is 24.3 Å². The van der Waals surface area contributed by atoms with Crippen LogP contribution in [0.4, 0.5) is 10.1 Å². The molecule has 3 heteroatoms. The SMILES string of the molecule is Cc1ccc[c]c1N1CCOCC1c1ccc(F)cc1. The van der Waals surface area contributed by atoms with Gasteiger partial charge in [-0.15, -0.1) is 0 Å². The van der Waals surface area contributed by atoms with Gasteiger partial charge in [-0.3, -0.25) is 0 Å². The summed E-state index contributed by atoms with van der Waals surface area (Å²) in [6.45, 7) is 4.24. The molecule has 3 rings (SSSR count). The number of morpholine rings is 1. The van der Waals surface area contributed by atoms with Gasteiger partial charge < -0.3 is 9.64 Å². The second kappa shape index (κ2) is 5.63. The zero-order chi connectivity index (χ0) is 13.9. The summed E-state index contributed by atoms with van der Waals surface area (Å²) in [6.07, 6.45) is 0. The van der Waals surface area contributed by atoms with Crippen LogP contribution in [0.5, 0.6) is 0 Å². The molecule has 1 fully saturated rings. The van der Waals surface area contributed by atoms with Crippen molar-refractivity contribution >= 4 is 5.69 Å². The predicted octanol–water partition coefficient (Wildman–Crippen LogP) is 3.51. The lowest BCUT2D eigenvalue weighted by Crippen LogP contribution is -2.40. The fourth-order valence-electron chi connectivity index (χ4n) is 2.65. The van der Waals surface area contributed by atoms with E-state index in [9.17, 15) is 4.39 Å². The van der Waals surface area contributed by atoms with E-state index in [4.69, 9.17) is 4.74 Å². The molecule has 0 aliphatic carbocycles. The predicted molar refractivity (Wildman–Crippen MR) is 77.3 cm³/mol. The molecule has 0 aromatic heterocycles. The van der Waals surface area contributed by atoms with Crippen molar-refractivity contribution in [3.05, 3.63) is 65.5 Å². The monoisotopic (exact) mass is 270 g/mol. The van der Waals surface area contributed by atoms with Crippen molar-refractivity contribution in [1.29, 1.82) is 0 Å². The molecule has 1 heterocycles. The van der Waals surface area contributed by atoms with Gasteiger partial charge in [0.15, 0.2) is 0 Å². The van der Waals surface area contributed by atoms with E-state index in [-0.39, 0.29) is 11.9 Å². The fraction of sp³-hybridized carbons (Fsp3) is 0.294. The van der Waals surface area contributed by atoms with E-state index in [1.165, 1.54) is 17.7 Å². The molecule has 0 amide bonds. The third-order valence-electron chi connectivity index (χ3n) is 3.71. The van der Waals surface area contributed by atoms with Crippen LogP contribution in [0, 0.1) is 18.8 Å². The number of hydrogen-bond donors (Lipinski definition) is 0. The molecule has 1 saturated heterocycles. The lowest BCUT2D eigenvalue weighted by molar-refractivity contribution is 0.0940. The third-order valence-corrected chi connectivity index (χ3v) is 3.71. The number of benzene rings is 2. The van der Waals surface area contributed by atoms with Crippen LogP contribution in [0.2, 0.25) is 0 Å². The maximum Gasteiger partial charge on any atom is 0.123 e. The van der Waals surface area contributed by atoms with Crippen molar-refractivity contribution in [2.45, 2.75) is 13.0 Å². The highest BCUT2D eigenvalue weighted by molar-refractivity contribution is 5.54. The molecule has 0 bridgehead atoms. The minimum absolute atomic E-state index is 0.113. The van der Waals surface area contributed by atoms with Gasteiger partial charge in [0.25, 0.3) is 0 Å².